The van der Waals surface area contributed by atoms with Crippen molar-refractivity contribution in [3.05, 3.63) is 0 Å². The van der Waals surface area contributed by atoms with Gasteiger partial charge >= 0.3 is 0 Å². The zero-order valence-electron chi connectivity index (χ0n) is 10.8. The summed E-state index contributed by atoms with van der Waals surface area (Å²) in [5, 5.41) is 12.9. The predicted octanol–water partition coefficient (Wildman–Crippen LogP) is -0.211. The molecule has 0 aromatic rings. The van der Waals surface area contributed by atoms with Crippen molar-refractivity contribution in [2.75, 3.05) is 52.5 Å². The summed E-state index contributed by atoms with van der Waals surface area (Å²) < 4.78 is 21.9. The lowest BCUT2D eigenvalue weighted by molar-refractivity contribution is -0.180. The monoisotopic (exact) mass is 280 g/mol. The van der Waals surface area contributed by atoms with Crippen LogP contribution in [-0.4, -0.2) is 74.8 Å². The van der Waals surface area contributed by atoms with Crippen molar-refractivity contribution in [2.24, 2.45) is 0 Å². The van der Waals surface area contributed by atoms with Crippen molar-refractivity contribution in [1.82, 2.24) is 10.4 Å². The topological polar surface area (TPSA) is 88.1 Å². The Morgan fingerprint density at radius 2 is 2.22 bits per heavy atom. The summed E-state index contributed by atoms with van der Waals surface area (Å²) in [6, 6.07) is 0. The molecule has 1 fully saturated rings. The fraction of sp³-hybridized carbons (Fsp3) is 0.900. The molecule has 0 aromatic carbocycles. The number of nitrogens with zero attached hydrogens (tertiary/aromatic N) is 1. The fourth-order valence-electron chi connectivity index (χ4n) is 1.46. The Morgan fingerprint density at radius 3 is 2.78 bits per heavy atom. The highest BCUT2D eigenvalue weighted by Crippen LogP contribution is 2.33. The standard InChI is InChI=1S/C10H21N2O5P/c1-18(2,15)8-11-5-10(13)12(14)6-9-7-16-3-4-17-9/h9,11,14H,3-8H2,1-2H3. The normalized spacial score (nSPS) is 20.7. The average molecular weight is 280 g/mol. The summed E-state index contributed by atoms with van der Waals surface area (Å²) in [6.07, 6.45) is -0.0218. The molecule has 1 aliphatic rings. The Kier molecular flexibility index (Phi) is 6.25. The van der Waals surface area contributed by atoms with Crippen LogP contribution >= 0.6 is 7.14 Å². The lowest BCUT2D eigenvalue weighted by Gasteiger charge is -2.26. The highest BCUT2D eigenvalue weighted by molar-refractivity contribution is 7.62. The molecule has 1 saturated heterocycles. The maximum Gasteiger partial charge on any atom is 0.259 e. The van der Waals surface area contributed by atoms with Gasteiger partial charge in [0, 0.05) is 6.29 Å². The van der Waals surface area contributed by atoms with E-state index in [1.807, 2.05) is 0 Å². The van der Waals surface area contributed by atoms with Crippen molar-refractivity contribution in [3.8, 4) is 0 Å². The van der Waals surface area contributed by atoms with Crippen LogP contribution in [0.2, 0.25) is 0 Å². The van der Waals surface area contributed by atoms with Gasteiger partial charge in [0.25, 0.3) is 5.91 Å². The van der Waals surface area contributed by atoms with Crippen molar-refractivity contribution in [1.29, 1.82) is 0 Å². The molecule has 8 heteroatoms. The van der Waals surface area contributed by atoms with Crippen LogP contribution in [0.4, 0.5) is 0 Å². The van der Waals surface area contributed by atoms with Crippen LogP contribution in [0.25, 0.3) is 0 Å². The second-order valence-corrected chi connectivity index (χ2v) is 8.17. The summed E-state index contributed by atoms with van der Waals surface area (Å²) in [4.78, 5) is 11.5. The van der Waals surface area contributed by atoms with Gasteiger partial charge in [-0.2, -0.15) is 0 Å². The summed E-state index contributed by atoms with van der Waals surface area (Å²) in [6.45, 7) is 4.69. The van der Waals surface area contributed by atoms with Gasteiger partial charge in [-0.15, -0.1) is 0 Å². The molecule has 0 aromatic heterocycles. The van der Waals surface area contributed by atoms with Gasteiger partial charge in [-0.25, -0.2) is 5.06 Å². The van der Waals surface area contributed by atoms with Gasteiger partial charge in [-0.05, 0) is 13.3 Å². The van der Waals surface area contributed by atoms with E-state index in [2.05, 4.69) is 5.32 Å². The Hall–Kier alpha value is -0.460. The Morgan fingerprint density at radius 1 is 1.50 bits per heavy atom. The zero-order valence-corrected chi connectivity index (χ0v) is 11.7. The van der Waals surface area contributed by atoms with Crippen molar-refractivity contribution in [2.45, 2.75) is 6.10 Å². The lowest BCUT2D eigenvalue weighted by Crippen LogP contribution is -2.44. The van der Waals surface area contributed by atoms with E-state index in [9.17, 15) is 14.6 Å². The number of amides is 1. The first-order valence-corrected chi connectivity index (χ1v) is 8.60. The second-order valence-electron chi connectivity index (χ2n) is 4.70. The molecule has 106 valence electrons. The minimum absolute atomic E-state index is 0.0459. The Bertz CT molecular complexity index is 313. The van der Waals surface area contributed by atoms with Crippen LogP contribution < -0.4 is 5.32 Å². The highest BCUT2D eigenvalue weighted by atomic mass is 31.2. The van der Waals surface area contributed by atoms with Crippen LogP contribution in [0.3, 0.4) is 0 Å². The third-order valence-corrected chi connectivity index (χ3v) is 3.30. The van der Waals surface area contributed by atoms with E-state index in [0.717, 1.165) is 0 Å². The number of ether oxygens (including phenoxy) is 2. The average Bonchev–Trinajstić information content (AvgIpc) is 2.28. The van der Waals surface area contributed by atoms with Gasteiger partial charge in [-0.3, -0.25) is 10.0 Å². The van der Waals surface area contributed by atoms with Crippen LogP contribution in [0.5, 0.6) is 0 Å². The van der Waals surface area contributed by atoms with Gasteiger partial charge in [0.1, 0.15) is 6.10 Å². The molecule has 18 heavy (non-hydrogen) atoms. The first-order valence-electron chi connectivity index (χ1n) is 5.82. The van der Waals surface area contributed by atoms with Gasteiger partial charge < -0.3 is 19.4 Å². The Balaban J connectivity index is 2.21. The van der Waals surface area contributed by atoms with Gasteiger partial charge in [0.05, 0.1) is 40.1 Å². The molecule has 1 heterocycles. The third-order valence-electron chi connectivity index (χ3n) is 2.32. The number of hydroxylamine groups is 2. The van der Waals surface area contributed by atoms with Crippen LogP contribution in [0.1, 0.15) is 0 Å². The molecule has 1 unspecified atom stereocenters. The van der Waals surface area contributed by atoms with Crippen LogP contribution in [0, 0.1) is 0 Å². The van der Waals surface area contributed by atoms with E-state index in [-0.39, 0.29) is 25.5 Å². The minimum atomic E-state index is -2.20. The molecule has 1 atom stereocenters. The zero-order chi connectivity index (χ0) is 13.6. The van der Waals surface area contributed by atoms with E-state index in [4.69, 9.17) is 9.47 Å². The molecule has 1 amide bonds. The number of nitrogens with one attached hydrogen (secondary N) is 1. The van der Waals surface area contributed by atoms with Crippen LogP contribution in [-0.2, 0) is 18.8 Å². The molecule has 0 bridgehead atoms. The highest BCUT2D eigenvalue weighted by Gasteiger charge is 2.20. The van der Waals surface area contributed by atoms with Crippen LogP contribution in [0.15, 0.2) is 0 Å². The maximum atomic E-state index is 11.5. The number of hydrogen-bond acceptors (Lipinski definition) is 6. The summed E-state index contributed by atoms with van der Waals surface area (Å²) in [7, 11) is -2.20. The number of hydrogen-bond donors (Lipinski definition) is 2. The van der Waals surface area contributed by atoms with E-state index < -0.39 is 13.0 Å². The van der Waals surface area contributed by atoms with Gasteiger partial charge in [-0.1, -0.05) is 0 Å². The number of carbonyl (C=O) groups excluding carboxylic acids is 1. The maximum absolute atomic E-state index is 11.5. The molecule has 0 aliphatic carbocycles. The smallest absolute Gasteiger partial charge is 0.259 e. The van der Waals surface area contributed by atoms with Gasteiger partial charge in [0.15, 0.2) is 0 Å². The lowest BCUT2D eigenvalue weighted by atomic mass is 10.3. The molecule has 0 radical (unpaired) electrons. The number of carbonyl (C=O) groups is 1. The molecule has 7 nitrogen and oxygen atoms in total. The van der Waals surface area contributed by atoms with E-state index in [0.29, 0.717) is 24.9 Å². The van der Waals surface area contributed by atoms with Crippen molar-refractivity contribution < 1.29 is 24.0 Å². The predicted molar refractivity (Wildman–Crippen MR) is 66.4 cm³/mol. The van der Waals surface area contributed by atoms with Crippen molar-refractivity contribution in [3.63, 3.8) is 0 Å². The van der Waals surface area contributed by atoms with Crippen molar-refractivity contribution >= 4 is 13.0 Å². The van der Waals surface area contributed by atoms with E-state index >= 15 is 0 Å². The largest absolute Gasteiger partial charge is 0.376 e. The summed E-state index contributed by atoms with van der Waals surface area (Å²) in [5.74, 6) is -0.474. The molecule has 0 saturated carbocycles. The third kappa shape index (κ3) is 6.47. The summed E-state index contributed by atoms with van der Waals surface area (Å²) in [5.41, 5.74) is 0. The second kappa shape index (κ2) is 7.21. The molecular formula is C10H21N2O5P. The minimum Gasteiger partial charge on any atom is -0.376 e. The molecule has 1 rings (SSSR count). The SMILES string of the molecule is CP(C)(=O)CNCC(=O)N(O)CC1COCCO1. The van der Waals surface area contributed by atoms with E-state index in [1.165, 1.54) is 0 Å². The first kappa shape index (κ1) is 15.6. The van der Waals surface area contributed by atoms with Gasteiger partial charge in [0.2, 0.25) is 0 Å². The summed E-state index contributed by atoms with van der Waals surface area (Å²) >= 11 is 0. The molecule has 0 spiro atoms. The Labute approximate surface area is 107 Å². The van der Waals surface area contributed by atoms with E-state index in [1.54, 1.807) is 13.3 Å². The number of rotatable bonds is 6. The molecular weight excluding hydrogens is 259 g/mol. The quantitative estimate of drug-likeness (QED) is 0.397. The first-order chi connectivity index (χ1) is 8.38. The fourth-order valence-corrected chi connectivity index (χ4v) is 2.11. The molecule has 1 aliphatic heterocycles. The molecule has 2 N–H and O–H groups in total.